The number of aromatic nitrogens is 4. The van der Waals surface area contributed by atoms with Gasteiger partial charge in [-0.15, -0.1) is 0 Å². The highest BCUT2D eigenvalue weighted by Gasteiger charge is 2.12. The average molecular weight is 203 g/mol. The lowest BCUT2D eigenvalue weighted by molar-refractivity contribution is 0.0993. The van der Waals surface area contributed by atoms with Crippen molar-refractivity contribution in [3.05, 3.63) is 36.0 Å². The van der Waals surface area contributed by atoms with Crippen molar-refractivity contribution >= 4 is 5.91 Å². The summed E-state index contributed by atoms with van der Waals surface area (Å²) in [5, 5.41) is 3.98. The standard InChI is InChI=1S/C9H9N5O/c1-6-9(12-5-4-11-6)14-7(8(10)15)2-3-13-14/h2-5H,1H3,(H2,10,15). The van der Waals surface area contributed by atoms with E-state index in [9.17, 15) is 4.79 Å². The average Bonchev–Trinajstić information content (AvgIpc) is 2.67. The molecule has 0 fully saturated rings. The molecule has 0 unspecified atom stereocenters. The summed E-state index contributed by atoms with van der Waals surface area (Å²) >= 11 is 0. The molecule has 2 N–H and O–H groups in total. The van der Waals surface area contributed by atoms with Crippen molar-refractivity contribution in [2.75, 3.05) is 0 Å². The Hall–Kier alpha value is -2.24. The minimum Gasteiger partial charge on any atom is -0.364 e. The number of aryl methyl sites for hydroxylation is 1. The Bertz CT molecular complexity index is 505. The van der Waals surface area contributed by atoms with Gasteiger partial charge in [0.05, 0.1) is 11.9 Å². The van der Waals surface area contributed by atoms with Crippen LogP contribution in [0.4, 0.5) is 0 Å². The van der Waals surface area contributed by atoms with E-state index in [2.05, 4.69) is 15.1 Å². The van der Waals surface area contributed by atoms with Crippen LogP contribution in [0.1, 0.15) is 16.2 Å². The molecule has 0 aliphatic carbocycles. The van der Waals surface area contributed by atoms with Gasteiger partial charge in [-0.3, -0.25) is 9.78 Å². The van der Waals surface area contributed by atoms with Crippen molar-refractivity contribution in [2.45, 2.75) is 6.92 Å². The molecule has 0 aliphatic heterocycles. The number of nitrogens with zero attached hydrogens (tertiary/aromatic N) is 4. The molecular weight excluding hydrogens is 194 g/mol. The molecule has 0 saturated heterocycles. The summed E-state index contributed by atoms with van der Waals surface area (Å²) in [6.07, 6.45) is 4.61. The Balaban J connectivity index is 2.59. The number of carbonyl (C=O) groups is 1. The Morgan fingerprint density at radius 3 is 2.73 bits per heavy atom. The smallest absolute Gasteiger partial charge is 0.267 e. The molecule has 15 heavy (non-hydrogen) atoms. The van der Waals surface area contributed by atoms with Crippen LogP contribution in [-0.4, -0.2) is 25.7 Å². The zero-order valence-electron chi connectivity index (χ0n) is 8.08. The highest BCUT2D eigenvalue weighted by atomic mass is 16.1. The molecule has 0 spiro atoms. The van der Waals surface area contributed by atoms with Crippen LogP contribution < -0.4 is 5.73 Å². The van der Waals surface area contributed by atoms with E-state index in [-0.39, 0.29) is 0 Å². The Morgan fingerprint density at radius 2 is 2.07 bits per heavy atom. The van der Waals surface area contributed by atoms with Gasteiger partial charge in [-0.1, -0.05) is 0 Å². The van der Waals surface area contributed by atoms with E-state index in [1.54, 1.807) is 13.1 Å². The minimum absolute atomic E-state index is 0.290. The zero-order chi connectivity index (χ0) is 10.8. The van der Waals surface area contributed by atoms with Gasteiger partial charge in [0.2, 0.25) is 0 Å². The molecule has 0 saturated carbocycles. The molecule has 0 atom stereocenters. The summed E-state index contributed by atoms with van der Waals surface area (Å²) in [6, 6.07) is 1.54. The second-order valence-corrected chi connectivity index (χ2v) is 2.96. The maximum atomic E-state index is 11.1. The van der Waals surface area contributed by atoms with E-state index in [0.29, 0.717) is 17.2 Å². The highest BCUT2D eigenvalue weighted by Crippen LogP contribution is 2.09. The monoisotopic (exact) mass is 203 g/mol. The lowest BCUT2D eigenvalue weighted by Gasteiger charge is -2.05. The molecule has 0 aliphatic rings. The van der Waals surface area contributed by atoms with E-state index in [0.717, 1.165) is 0 Å². The SMILES string of the molecule is Cc1nccnc1-n1nccc1C(N)=O. The molecular formula is C9H9N5O. The Kier molecular flexibility index (Phi) is 2.17. The van der Waals surface area contributed by atoms with Crippen molar-refractivity contribution in [3.8, 4) is 5.82 Å². The van der Waals surface area contributed by atoms with Crippen molar-refractivity contribution in [2.24, 2.45) is 5.73 Å². The fourth-order valence-electron chi connectivity index (χ4n) is 1.27. The number of carbonyl (C=O) groups excluding carboxylic acids is 1. The number of primary amides is 1. The van der Waals surface area contributed by atoms with Gasteiger partial charge < -0.3 is 5.73 Å². The number of nitrogens with two attached hydrogens (primary N) is 1. The molecule has 0 bridgehead atoms. The molecule has 6 nitrogen and oxygen atoms in total. The van der Waals surface area contributed by atoms with Crippen LogP contribution in [-0.2, 0) is 0 Å². The van der Waals surface area contributed by atoms with Crippen LogP contribution >= 0.6 is 0 Å². The zero-order valence-corrected chi connectivity index (χ0v) is 8.08. The first kappa shape index (κ1) is 9.32. The lowest BCUT2D eigenvalue weighted by Crippen LogP contribution is -2.18. The van der Waals surface area contributed by atoms with Crippen LogP contribution in [0, 0.1) is 6.92 Å². The van der Waals surface area contributed by atoms with Gasteiger partial charge in [-0.05, 0) is 13.0 Å². The topological polar surface area (TPSA) is 86.7 Å². The number of rotatable bonds is 2. The highest BCUT2D eigenvalue weighted by molar-refractivity contribution is 5.91. The first-order valence-electron chi connectivity index (χ1n) is 4.32. The van der Waals surface area contributed by atoms with Gasteiger partial charge in [0.15, 0.2) is 5.82 Å². The first-order valence-corrected chi connectivity index (χ1v) is 4.32. The van der Waals surface area contributed by atoms with Gasteiger partial charge in [-0.25, -0.2) is 9.67 Å². The molecule has 1 amide bonds. The predicted octanol–water partition coefficient (Wildman–Crippen LogP) is 0.0696. The van der Waals surface area contributed by atoms with Gasteiger partial charge >= 0.3 is 0 Å². The maximum Gasteiger partial charge on any atom is 0.267 e. The predicted molar refractivity (Wildman–Crippen MR) is 52.4 cm³/mol. The van der Waals surface area contributed by atoms with E-state index in [4.69, 9.17) is 5.73 Å². The van der Waals surface area contributed by atoms with Crippen LogP contribution in [0.3, 0.4) is 0 Å². The molecule has 76 valence electrons. The second kappa shape index (κ2) is 3.49. The molecule has 2 rings (SSSR count). The van der Waals surface area contributed by atoms with E-state index >= 15 is 0 Å². The quantitative estimate of drug-likeness (QED) is 0.748. The third-order valence-electron chi connectivity index (χ3n) is 1.95. The van der Waals surface area contributed by atoms with Crippen molar-refractivity contribution in [3.63, 3.8) is 0 Å². The van der Waals surface area contributed by atoms with Crippen LogP contribution in [0.15, 0.2) is 24.7 Å². The Labute approximate surface area is 85.8 Å². The lowest BCUT2D eigenvalue weighted by atomic mass is 10.4. The first-order chi connectivity index (χ1) is 7.20. The normalized spacial score (nSPS) is 10.2. The largest absolute Gasteiger partial charge is 0.364 e. The minimum atomic E-state index is -0.544. The molecule has 2 aromatic heterocycles. The fourth-order valence-corrected chi connectivity index (χ4v) is 1.27. The van der Waals surface area contributed by atoms with Gasteiger partial charge in [0, 0.05) is 12.4 Å². The summed E-state index contributed by atoms with van der Waals surface area (Å²) in [5.74, 6) is -0.0335. The number of amides is 1. The van der Waals surface area contributed by atoms with Crippen molar-refractivity contribution in [1.29, 1.82) is 0 Å². The molecule has 2 heterocycles. The Morgan fingerprint density at radius 1 is 1.33 bits per heavy atom. The van der Waals surface area contributed by atoms with Crippen LogP contribution in [0.25, 0.3) is 5.82 Å². The summed E-state index contributed by atoms with van der Waals surface area (Å²) in [5.41, 5.74) is 6.17. The van der Waals surface area contributed by atoms with Crippen LogP contribution in [0.2, 0.25) is 0 Å². The third-order valence-corrected chi connectivity index (χ3v) is 1.95. The summed E-state index contributed by atoms with van der Waals surface area (Å²) < 4.78 is 1.38. The maximum absolute atomic E-state index is 11.1. The van der Waals surface area contributed by atoms with E-state index in [1.807, 2.05) is 0 Å². The third kappa shape index (κ3) is 1.56. The van der Waals surface area contributed by atoms with E-state index < -0.39 is 5.91 Å². The number of hydrogen-bond acceptors (Lipinski definition) is 4. The summed E-state index contributed by atoms with van der Waals surface area (Å²) in [6.45, 7) is 1.79. The van der Waals surface area contributed by atoms with Gasteiger partial charge in [0.1, 0.15) is 5.69 Å². The fraction of sp³-hybridized carbons (Fsp3) is 0.111. The van der Waals surface area contributed by atoms with Crippen molar-refractivity contribution < 1.29 is 4.79 Å². The van der Waals surface area contributed by atoms with Crippen molar-refractivity contribution in [1.82, 2.24) is 19.7 Å². The number of hydrogen-bond donors (Lipinski definition) is 1. The molecule has 6 heteroatoms. The summed E-state index contributed by atoms with van der Waals surface area (Å²) in [7, 11) is 0. The second-order valence-electron chi connectivity index (χ2n) is 2.96. The van der Waals surface area contributed by atoms with E-state index in [1.165, 1.54) is 23.1 Å². The summed E-state index contributed by atoms with van der Waals surface area (Å²) in [4.78, 5) is 19.2. The van der Waals surface area contributed by atoms with Gasteiger partial charge in [0.25, 0.3) is 5.91 Å². The molecule has 0 aromatic carbocycles. The van der Waals surface area contributed by atoms with Gasteiger partial charge in [-0.2, -0.15) is 5.10 Å². The van der Waals surface area contributed by atoms with Crippen LogP contribution in [0.5, 0.6) is 0 Å². The molecule has 0 radical (unpaired) electrons. The molecule has 2 aromatic rings.